The van der Waals surface area contributed by atoms with E-state index in [4.69, 9.17) is 14.6 Å². The molecule has 118 valence electrons. The van der Waals surface area contributed by atoms with Gasteiger partial charge in [-0.2, -0.15) is 0 Å². The highest BCUT2D eigenvalue weighted by Gasteiger charge is 2.33. The Morgan fingerprint density at radius 2 is 2.24 bits per heavy atom. The predicted molar refractivity (Wildman–Crippen MR) is 76.1 cm³/mol. The zero-order chi connectivity index (χ0) is 15.8. The average molecular weight is 335 g/mol. The SMILES string of the molecule is Cc1sc(C(=O)O)cc1S(=O)(=O)NCC1COC(C)(C)O1. The van der Waals surface area contributed by atoms with Gasteiger partial charge < -0.3 is 14.6 Å². The zero-order valence-electron chi connectivity index (χ0n) is 11.9. The standard InChI is InChI=1S/C12H17NO6S2/c1-7-10(4-9(20-7)11(14)15)21(16,17)13-5-8-6-18-12(2,3)19-8/h4,8,13H,5-6H2,1-3H3,(H,14,15). The maximum atomic E-state index is 12.2. The second-order valence-electron chi connectivity index (χ2n) is 5.14. The third-order valence-electron chi connectivity index (χ3n) is 2.94. The lowest BCUT2D eigenvalue weighted by Crippen LogP contribution is -2.34. The number of hydrogen-bond acceptors (Lipinski definition) is 6. The van der Waals surface area contributed by atoms with Crippen LogP contribution in [0.15, 0.2) is 11.0 Å². The minimum Gasteiger partial charge on any atom is -0.477 e. The first-order chi connectivity index (χ1) is 9.61. The molecule has 9 heteroatoms. The van der Waals surface area contributed by atoms with Gasteiger partial charge in [-0.15, -0.1) is 11.3 Å². The molecule has 0 radical (unpaired) electrons. The molecule has 0 spiro atoms. The molecule has 1 fully saturated rings. The van der Waals surface area contributed by atoms with E-state index < -0.39 is 21.8 Å². The normalized spacial score (nSPS) is 21.6. The van der Waals surface area contributed by atoms with E-state index in [1.807, 2.05) is 0 Å². The van der Waals surface area contributed by atoms with Gasteiger partial charge in [0.2, 0.25) is 10.0 Å². The first kappa shape index (κ1) is 16.4. The fourth-order valence-electron chi connectivity index (χ4n) is 1.98. The molecule has 1 atom stereocenters. The van der Waals surface area contributed by atoms with E-state index in [0.29, 0.717) is 11.5 Å². The number of aryl methyl sites for hydroxylation is 1. The highest BCUT2D eigenvalue weighted by Crippen LogP contribution is 2.26. The van der Waals surface area contributed by atoms with Crippen LogP contribution in [0.25, 0.3) is 0 Å². The number of nitrogens with one attached hydrogen (secondary N) is 1. The molecule has 1 saturated heterocycles. The van der Waals surface area contributed by atoms with Crippen LogP contribution < -0.4 is 4.72 Å². The maximum absolute atomic E-state index is 12.2. The van der Waals surface area contributed by atoms with Gasteiger partial charge in [-0.3, -0.25) is 0 Å². The second kappa shape index (κ2) is 5.65. The van der Waals surface area contributed by atoms with Crippen LogP contribution in [0.1, 0.15) is 28.4 Å². The quantitative estimate of drug-likeness (QED) is 0.838. The Bertz CT molecular complexity index is 649. The van der Waals surface area contributed by atoms with E-state index >= 15 is 0 Å². The predicted octanol–water partition coefficient (Wildman–Crippen LogP) is 1.18. The van der Waals surface area contributed by atoms with Crippen LogP contribution >= 0.6 is 11.3 Å². The van der Waals surface area contributed by atoms with E-state index in [-0.39, 0.29) is 22.4 Å². The lowest BCUT2D eigenvalue weighted by atomic mass is 10.4. The Balaban J connectivity index is 2.07. The summed E-state index contributed by atoms with van der Waals surface area (Å²) in [6.07, 6.45) is -0.368. The van der Waals surface area contributed by atoms with Gasteiger partial charge in [0, 0.05) is 11.4 Å². The molecule has 7 nitrogen and oxygen atoms in total. The number of rotatable bonds is 5. The molecule has 21 heavy (non-hydrogen) atoms. The van der Waals surface area contributed by atoms with Crippen molar-refractivity contribution in [3.8, 4) is 0 Å². The summed E-state index contributed by atoms with van der Waals surface area (Å²) in [7, 11) is -3.77. The lowest BCUT2D eigenvalue weighted by Gasteiger charge is -2.17. The third-order valence-corrected chi connectivity index (χ3v) is 5.66. The minimum absolute atomic E-state index is 0.00513. The summed E-state index contributed by atoms with van der Waals surface area (Å²) in [4.78, 5) is 11.3. The number of sulfonamides is 1. The number of carbonyl (C=O) groups is 1. The average Bonchev–Trinajstić information content (AvgIpc) is 2.90. The van der Waals surface area contributed by atoms with Gasteiger partial charge >= 0.3 is 5.97 Å². The van der Waals surface area contributed by atoms with Crippen LogP contribution in [-0.2, 0) is 19.5 Å². The monoisotopic (exact) mass is 335 g/mol. The molecule has 1 unspecified atom stereocenters. The Morgan fingerprint density at radius 1 is 1.57 bits per heavy atom. The van der Waals surface area contributed by atoms with Gasteiger partial charge in [0.15, 0.2) is 5.79 Å². The fourth-order valence-corrected chi connectivity index (χ4v) is 4.48. The highest BCUT2D eigenvalue weighted by atomic mass is 32.2. The molecule has 1 aliphatic rings. The number of carboxylic acid groups (broad SMARTS) is 1. The van der Waals surface area contributed by atoms with E-state index in [9.17, 15) is 13.2 Å². The van der Waals surface area contributed by atoms with Gasteiger partial charge in [-0.05, 0) is 26.8 Å². The molecule has 0 saturated carbocycles. The Labute approximate surface area is 126 Å². The van der Waals surface area contributed by atoms with Crippen molar-refractivity contribution < 1.29 is 27.8 Å². The van der Waals surface area contributed by atoms with Crippen molar-refractivity contribution in [1.82, 2.24) is 4.72 Å². The molecule has 0 amide bonds. The summed E-state index contributed by atoms with van der Waals surface area (Å²) >= 11 is 0.933. The molecule has 2 rings (SSSR count). The molecule has 0 aliphatic carbocycles. The number of ether oxygens (including phenoxy) is 2. The number of hydrogen-bond donors (Lipinski definition) is 2. The molecule has 2 N–H and O–H groups in total. The van der Waals surface area contributed by atoms with Crippen LogP contribution in [0.2, 0.25) is 0 Å². The van der Waals surface area contributed by atoms with Crippen molar-refractivity contribution in [3.05, 3.63) is 15.8 Å². The third kappa shape index (κ3) is 3.80. The van der Waals surface area contributed by atoms with Gasteiger partial charge in [-0.1, -0.05) is 0 Å². The molecular weight excluding hydrogens is 318 g/mol. The first-order valence-corrected chi connectivity index (χ1v) is 8.56. The number of thiophene rings is 1. The smallest absolute Gasteiger partial charge is 0.345 e. The molecule has 1 aromatic rings. The van der Waals surface area contributed by atoms with Crippen molar-refractivity contribution >= 4 is 27.3 Å². The maximum Gasteiger partial charge on any atom is 0.345 e. The lowest BCUT2D eigenvalue weighted by molar-refractivity contribution is -0.137. The van der Waals surface area contributed by atoms with Gasteiger partial charge in [0.1, 0.15) is 4.88 Å². The molecule has 2 heterocycles. The van der Waals surface area contributed by atoms with Crippen LogP contribution in [0.5, 0.6) is 0 Å². The highest BCUT2D eigenvalue weighted by molar-refractivity contribution is 7.89. The first-order valence-electron chi connectivity index (χ1n) is 6.26. The van der Waals surface area contributed by atoms with Crippen molar-refractivity contribution in [2.45, 2.75) is 37.6 Å². The van der Waals surface area contributed by atoms with Gasteiger partial charge in [-0.25, -0.2) is 17.9 Å². The van der Waals surface area contributed by atoms with Gasteiger partial charge in [0.25, 0.3) is 0 Å². The van der Waals surface area contributed by atoms with E-state index in [1.165, 1.54) is 6.07 Å². The fraction of sp³-hybridized carbons (Fsp3) is 0.583. The summed E-state index contributed by atoms with van der Waals surface area (Å²) < 4.78 is 37.7. The Kier molecular flexibility index (Phi) is 4.41. The van der Waals surface area contributed by atoms with Crippen LogP contribution in [-0.4, -0.2) is 44.5 Å². The van der Waals surface area contributed by atoms with E-state index in [1.54, 1.807) is 20.8 Å². The Morgan fingerprint density at radius 3 is 2.71 bits per heavy atom. The zero-order valence-corrected chi connectivity index (χ0v) is 13.5. The van der Waals surface area contributed by atoms with Crippen LogP contribution in [0.4, 0.5) is 0 Å². The van der Waals surface area contributed by atoms with Crippen LogP contribution in [0, 0.1) is 6.92 Å². The van der Waals surface area contributed by atoms with E-state index in [0.717, 1.165) is 11.3 Å². The van der Waals surface area contributed by atoms with Crippen molar-refractivity contribution in [1.29, 1.82) is 0 Å². The summed E-state index contributed by atoms with van der Waals surface area (Å²) in [5.74, 6) is -1.86. The molecule has 0 bridgehead atoms. The largest absolute Gasteiger partial charge is 0.477 e. The summed E-state index contributed by atoms with van der Waals surface area (Å²) in [5.41, 5.74) is 0. The van der Waals surface area contributed by atoms with Crippen molar-refractivity contribution in [2.75, 3.05) is 13.2 Å². The number of aromatic carboxylic acids is 1. The van der Waals surface area contributed by atoms with Crippen molar-refractivity contribution in [3.63, 3.8) is 0 Å². The molecule has 1 aliphatic heterocycles. The van der Waals surface area contributed by atoms with Crippen LogP contribution in [0.3, 0.4) is 0 Å². The molecular formula is C12H17NO6S2. The minimum atomic E-state index is -3.77. The van der Waals surface area contributed by atoms with Crippen molar-refractivity contribution in [2.24, 2.45) is 0 Å². The topological polar surface area (TPSA) is 102 Å². The van der Waals surface area contributed by atoms with E-state index in [2.05, 4.69) is 4.72 Å². The second-order valence-corrected chi connectivity index (χ2v) is 8.13. The summed E-state index contributed by atoms with van der Waals surface area (Å²) in [5, 5.41) is 8.91. The molecule has 0 aromatic carbocycles. The summed E-state index contributed by atoms with van der Waals surface area (Å²) in [6.45, 7) is 5.46. The van der Waals surface area contributed by atoms with Gasteiger partial charge in [0.05, 0.1) is 17.6 Å². The Hall–Kier alpha value is -1.00. The molecule has 1 aromatic heterocycles. The number of carboxylic acids is 1. The summed E-state index contributed by atoms with van der Waals surface area (Å²) in [6, 6.07) is 1.17.